The minimum Gasteiger partial charge on any atom is -0.381 e. The maximum atomic E-state index is 7.67. The summed E-state index contributed by atoms with van der Waals surface area (Å²) in [5.74, 6) is -0.633. The van der Waals surface area contributed by atoms with Crippen molar-refractivity contribution >= 4 is 0 Å². The monoisotopic (exact) mass is 1630 g/mol. The van der Waals surface area contributed by atoms with E-state index in [9.17, 15) is 0 Å². The quantitative estimate of drug-likeness (QED) is 0.0462. The summed E-state index contributed by atoms with van der Waals surface area (Å²) in [6.45, 7) is 27.8. The lowest BCUT2D eigenvalue weighted by Crippen LogP contribution is -2.51. The highest BCUT2D eigenvalue weighted by molar-refractivity contribution is 4.90. The third-order valence-corrected chi connectivity index (χ3v) is 26.8. The zero-order valence-corrected chi connectivity index (χ0v) is 81.3. The molecule has 0 heterocycles. The molecule has 7 nitrogen and oxygen atoms in total. The summed E-state index contributed by atoms with van der Waals surface area (Å²) in [6.07, 6.45) is 112. The van der Waals surface area contributed by atoms with E-state index in [1.807, 2.05) is 0 Å². The number of nitrogens with two attached hydrogens (primary N) is 2. The van der Waals surface area contributed by atoms with Crippen molar-refractivity contribution in [3.63, 3.8) is 0 Å². The molecule has 0 aromatic heterocycles. The van der Waals surface area contributed by atoms with Gasteiger partial charge in [0, 0.05) is 49.0 Å². The summed E-state index contributed by atoms with van der Waals surface area (Å²) >= 11 is 0. The Hall–Kier alpha value is -0.280. The fourth-order valence-electron chi connectivity index (χ4n) is 19.2. The largest absolute Gasteiger partial charge is 0.381 e. The lowest BCUT2D eigenvalue weighted by atomic mass is 9.79. The predicted molar refractivity (Wildman–Crippen MR) is 515 cm³/mol. The van der Waals surface area contributed by atoms with Gasteiger partial charge in [-0.3, -0.25) is 0 Å². The lowest BCUT2D eigenvalue weighted by molar-refractivity contribution is -0.301. The molecule has 0 rings (SSSR count). The second-order valence-electron chi connectivity index (χ2n) is 38.7. The van der Waals surface area contributed by atoms with E-state index in [4.69, 9.17) is 35.2 Å². The van der Waals surface area contributed by atoms with Gasteiger partial charge in [-0.25, -0.2) is 0 Å². The van der Waals surface area contributed by atoms with Crippen LogP contribution in [0.15, 0.2) is 0 Å². The van der Waals surface area contributed by atoms with Gasteiger partial charge < -0.3 is 35.2 Å². The van der Waals surface area contributed by atoms with Crippen LogP contribution in [0.25, 0.3) is 0 Å². The summed E-state index contributed by atoms with van der Waals surface area (Å²) in [4.78, 5) is 0. The Labute approximate surface area is 726 Å². The fourth-order valence-corrected chi connectivity index (χ4v) is 19.2. The van der Waals surface area contributed by atoms with Crippen molar-refractivity contribution in [3.8, 4) is 0 Å². The molecule has 0 bridgehead atoms. The van der Waals surface area contributed by atoms with Crippen LogP contribution >= 0.6 is 0 Å². The van der Waals surface area contributed by atoms with Crippen LogP contribution in [0.4, 0.5) is 0 Å². The third kappa shape index (κ3) is 74.8. The summed E-state index contributed by atoms with van der Waals surface area (Å²) < 4.78 is 37.9. The van der Waals surface area contributed by atoms with Gasteiger partial charge in [0.15, 0.2) is 11.6 Å². The van der Waals surface area contributed by atoms with Gasteiger partial charge in [0.1, 0.15) is 0 Å². The Balaban J connectivity index is 7.25. The first-order valence-electron chi connectivity index (χ1n) is 54.2. The highest BCUT2D eigenvalue weighted by Gasteiger charge is 2.47. The molecular weight excluding hydrogens is 1410 g/mol. The highest BCUT2D eigenvalue weighted by atomic mass is 16.7. The van der Waals surface area contributed by atoms with Gasteiger partial charge in [-0.15, -0.1) is 0 Å². The maximum absolute atomic E-state index is 7.67. The van der Waals surface area contributed by atoms with Crippen LogP contribution in [0, 0.1) is 23.7 Å². The van der Waals surface area contributed by atoms with E-state index in [1.165, 1.54) is 475 Å². The molecule has 7 heteroatoms. The first-order valence-corrected chi connectivity index (χ1v) is 54.2. The Kier molecular flexibility index (Phi) is 92.7. The van der Waals surface area contributed by atoms with Crippen molar-refractivity contribution in [1.29, 1.82) is 0 Å². The molecule has 0 aliphatic rings. The molecule has 6 unspecified atom stereocenters. The van der Waals surface area contributed by atoms with Crippen LogP contribution in [-0.4, -0.2) is 63.3 Å². The van der Waals surface area contributed by atoms with E-state index in [-0.39, 0.29) is 35.8 Å². The molecule has 0 aliphatic heterocycles. The normalized spacial score (nSPS) is 13.9. The van der Waals surface area contributed by atoms with Crippen LogP contribution in [-0.2, 0) is 23.7 Å². The van der Waals surface area contributed by atoms with Crippen LogP contribution in [0.3, 0.4) is 0 Å². The Bertz CT molecular complexity index is 1590. The number of rotatable bonds is 102. The summed E-state index contributed by atoms with van der Waals surface area (Å²) in [5.41, 5.74) is 13.9. The van der Waals surface area contributed by atoms with Crippen molar-refractivity contribution in [2.45, 2.75) is 632 Å². The SMILES string of the molecule is CCCCCCCCCCCCCCCCOC(OCCCCCCCCCCCCCCCC)(C(C)CC(C)N)C(CCCCCCCCCCCCC)CCOCCC(CCCCCCCCCCCCC)C(OCCCCCCCCCCCCCCCC)(OCCCCCCCCCCCCCCCC)C(C)CC(C)N. The first-order chi connectivity index (χ1) is 56.5. The van der Waals surface area contributed by atoms with Crippen molar-refractivity contribution in [1.82, 2.24) is 0 Å². The standard InChI is InChI=1S/C108H220N2O5/c1-11-17-23-29-35-41-47-51-55-61-67-73-79-85-93-112-107(101(7)99-103(9)109,113-94-86-80-74-68-62-56-52-48-42-36-30-24-18-12-2)105(89-83-77-71-65-59-45-39-33-27-21-15-5)91-97-111-98-92-106(90-84-78-72-66-60-46-40-34-28-22-16-6)108(102(8)100-104(10)110,114-95-87-81-75-69-63-57-53-49-43-37-31-25-19-13-3)115-96-88-82-76-70-64-58-54-50-44-38-32-26-20-14-4/h101-106H,11-100,109-110H2,1-10H3. The molecule has 0 saturated heterocycles. The van der Waals surface area contributed by atoms with E-state index in [1.54, 1.807) is 0 Å². The first kappa shape index (κ1) is 115. The third-order valence-electron chi connectivity index (χ3n) is 26.8. The van der Waals surface area contributed by atoms with Gasteiger partial charge in [0.2, 0.25) is 0 Å². The van der Waals surface area contributed by atoms with E-state index in [2.05, 4.69) is 69.2 Å². The molecule has 6 atom stereocenters. The van der Waals surface area contributed by atoms with Crippen molar-refractivity contribution in [2.24, 2.45) is 35.1 Å². The second-order valence-corrected chi connectivity index (χ2v) is 38.7. The molecule has 0 radical (unpaired) electrons. The molecule has 4 N–H and O–H groups in total. The van der Waals surface area contributed by atoms with Crippen LogP contribution in [0.1, 0.15) is 609 Å². The van der Waals surface area contributed by atoms with Gasteiger partial charge in [-0.05, 0) is 78.1 Å². The molecule has 0 aliphatic carbocycles. The molecular formula is C108H220N2O5. The molecule has 0 amide bonds. The smallest absolute Gasteiger partial charge is 0.173 e. The second kappa shape index (κ2) is 92.9. The fraction of sp³-hybridized carbons (Fsp3) is 1.00. The summed E-state index contributed by atoms with van der Waals surface area (Å²) in [6, 6.07) is 0.135. The summed E-state index contributed by atoms with van der Waals surface area (Å²) in [5, 5.41) is 0. The summed E-state index contributed by atoms with van der Waals surface area (Å²) in [7, 11) is 0. The molecule has 0 aromatic carbocycles. The van der Waals surface area contributed by atoms with Gasteiger partial charge >= 0.3 is 0 Å². The van der Waals surface area contributed by atoms with E-state index in [0.717, 1.165) is 90.6 Å². The van der Waals surface area contributed by atoms with Gasteiger partial charge in [0.05, 0.1) is 26.4 Å². The van der Waals surface area contributed by atoms with E-state index < -0.39 is 11.6 Å². The zero-order chi connectivity index (χ0) is 83.6. The van der Waals surface area contributed by atoms with Gasteiger partial charge in [-0.1, -0.05) is 531 Å². The van der Waals surface area contributed by atoms with Crippen LogP contribution in [0.5, 0.6) is 0 Å². The molecule has 0 fully saturated rings. The van der Waals surface area contributed by atoms with Crippen LogP contribution < -0.4 is 11.5 Å². The number of ether oxygens (including phenoxy) is 5. The van der Waals surface area contributed by atoms with E-state index in [0.29, 0.717) is 13.2 Å². The lowest BCUT2D eigenvalue weighted by Gasteiger charge is -2.46. The predicted octanol–water partition coefficient (Wildman–Crippen LogP) is 36.5. The average molecular weight is 1630 g/mol. The van der Waals surface area contributed by atoms with Gasteiger partial charge in [-0.2, -0.15) is 0 Å². The van der Waals surface area contributed by atoms with Crippen molar-refractivity contribution in [3.05, 3.63) is 0 Å². The highest BCUT2D eigenvalue weighted by Crippen LogP contribution is 2.43. The molecule has 115 heavy (non-hydrogen) atoms. The number of unbranched alkanes of at least 4 members (excludes halogenated alkanes) is 72. The Morgan fingerprint density at radius 1 is 0.174 bits per heavy atom. The molecule has 0 spiro atoms. The zero-order valence-electron chi connectivity index (χ0n) is 81.3. The minimum absolute atomic E-state index is 0.0675. The average Bonchev–Trinajstić information content (AvgIpc) is 0.805. The molecule has 0 aromatic rings. The minimum atomic E-state index is -0.703. The molecule has 692 valence electrons. The Morgan fingerprint density at radius 2 is 0.313 bits per heavy atom. The van der Waals surface area contributed by atoms with Gasteiger partial charge in [0.25, 0.3) is 0 Å². The number of hydrogen-bond donors (Lipinski definition) is 2. The number of hydrogen-bond acceptors (Lipinski definition) is 7. The molecule has 0 saturated carbocycles. The topological polar surface area (TPSA) is 98.2 Å². The van der Waals surface area contributed by atoms with Crippen molar-refractivity contribution < 1.29 is 23.7 Å². The van der Waals surface area contributed by atoms with Crippen molar-refractivity contribution in [2.75, 3.05) is 39.6 Å². The maximum Gasteiger partial charge on any atom is 0.173 e. The van der Waals surface area contributed by atoms with E-state index >= 15 is 0 Å². The Morgan fingerprint density at radius 3 is 0.461 bits per heavy atom. The van der Waals surface area contributed by atoms with Crippen LogP contribution in [0.2, 0.25) is 0 Å².